The Morgan fingerprint density at radius 1 is 0.971 bits per heavy atom. The first kappa shape index (κ1) is 24.7. The summed E-state index contributed by atoms with van der Waals surface area (Å²) in [6.45, 7) is 1.94. The number of anilines is 1. The molecule has 4 rings (SSSR count). The lowest BCUT2D eigenvalue weighted by molar-refractivity contribution is -0.115. The molecule has 1 amide bonds. The van der Waals surface area contributed by atoms with Crippen molar-refractivity contribution in [2.24, 2.45) is 0 Å². The molecule has 0 saturated heterocycles. The fraction of sp³-hybridized carbons (Fsp3) is 0.214. The highest BCUT2D eigenvalue weighted by molar-refractivity contribution is 6.30. The fourth-order valence-corrected chi connectivity index (χ4v) is 3.90. The third-order valence-electron chi connectivity index (χ3n) is 5.66. The van der Waals surface area contributed by atoms with E-state index in [1.54, 1.807) is 6.33 Å². The van der Waals surface area contributed by atoms with Crippen LogP contribution in [0.15, 0.2) is 91.4 Å². The molecule has 0 aliphatic heterocycles. The third kappa shape index (κ3) is 7.79. The molecule has 180 valence electrons. The van der Waals surface area contributed by atoms with Gasteiger partial charge in [-0.2, -0.15) is 0 Å². The minimum Gasteiger partial charge on any atom is -0.387 e. The second-order valence-corrected chi connectivity index (χ2v) is 8.90. The quantitative estimate of drug-likeness (QED) is 0.269. The van der Waals surface area contributed by atoms with Crippen LogP contribution < -0.4 is 10.6 Å². The lowest BCUT2D eigenvalue weighted by Gasteiger charge is -2.12. The van der Waals surface area contributed by atoms with Crippen LogP contribution in [0.3, 0.4) is 0 Å². The zero-order valence-electron chi connectivity index (χ0n) is 19.4. The molecule has 3 aromatic carbocycles. The number of carbonyl (C=O) groups is 1. The van der Waals surface area contributed by atoms with Crippen molar-refractivity contribution >= 4 is 23.2 Å². The van der Waals surface area contributed by atoms with Crippen LogP contribution >= 0.6 is 11.6 Å². The first-order chi connectivity index (χ1) is 17.0. The maximum atomic E-state index is 12.5. The zero-order chi connectivity index (χ0) is 24.5. The Hall–Kier alpha value is -3.45. The van der Waals surface area contributed by atoms with Gasteiger partial charge in [-0.1, -0.05) is 66.2 Å². The Labute approximate surface area is 210 Å². The minimum atomic E-state index is -0.516. The maximum absolute atomic E-state index is 12.5. The molecule has 0 fully saturated rings. The number of rotatable bonds is 11. The summed E-state index contributed by atoms with van der Waals surface area (Å²) in [6.07, 6.45) is 4.15. The largest absolute Gasteiger partial charge is 0.387 e. The highest BCUT2D eigenvalue weighted by Crippen LogP contribution is 2.13. The summed E-state index contributed by atoms with van der Waals surface area (Å²) in [5, 5.41) is 17.1. The van der Waals surface area contributed by atoms with Crippen LogP contribution in [0.4, 0.5) is 5.69 Å². The molecule has 0 spiro atoms. The molecule has 0 unspecified atom stereocenters. The number of hydrogen-bond acceptors (Lipinski definition) is 4. The molecule has 35 heavy (non-hydrogen) atoms. The van der Waals surface area contributed by atoms with Crippen LogP contribution in [-0.4, -0.2) is 33.7 Å². The Morgan fingerprint density at radius 3 is 2.43 bits per heavy atom. The van der Waals surface area contributed by atoms with Crippen LogP contribution in [-0.2, 0) is 24.2 Å². The number of nitrogens with one attached hydrogen (secondary N) is 2. The number of aliphatic hydroxyl groups excluding tert-OH is 1. The normalized spacial score (nSPS) is 11.8. The predicted molar refractivity (Wildman–Crippen MR) is 140 cm³/mol. The van der Waals surface area contributed by atoms with Gasteiger partial charge in [-0.25, -0.2) is 4.98 Å². The Bertz CT molecular complexity index is 1210. The summed E-state index contributed by atoms with van der Waals surface area (Å²) >= 11 is 5.93. The van der Waals surface area contributed by atoms with Crippen molar-refractivity contribution in [3.63, 3.8) is 0 Å². The number of halogens is 1. The summed E-state index contributed by atoms with van der Waals surface area (Å²) in [7, 11) is 0. The number of aromatic nitrogens is 2. The molecule has 1 heterocycles. The smallest absolute Gasteiger partial charge is 0.230 e. The van der Waals surface area contributed by atoms with Gasteiger partial charge in [-0.3, -0.25) is 4.79 Å². The van der Waals surface area contributed by atoms with Gasteiger partial charge in [-0.15, -0.1) is 0 Å². The Kier molecular flexibility index (Phi) is 8.68. The molecular weight excluding hydrogens is 460 g/mol. The molecule has 6 nitrogen and oxygen atoms in total. The van der Waals surface area contributed by atoms with Crippen molar-refractivity contribution in [3.8, 4) is 0 Å². The molecule has 3 N–H and O–H groups in total. The number of imidazole rings is 1. The number of nitrogens with zero attached hydrogens (tertiary/aromatic N) is 2. The van der Waals surface area contributed by atoms with Crippen LogP contribution in [0.5, 0.6) is 0 Å². The second kappa shape index (κ2) is 12.3. The van der Waals surface area contributed by atoms with Gasteiger partial charge >= 0.3 is 0 Å². The standard InChI is InChI=1S/C28H29ClN4O2/c29-24-10-6-22(7-11-24)18-33-19-26(31-20-33)16-28(35)32-25-12-8-21(9-13-25)14-15-30-17-27(34)23-4-2-1-3-5-23/h1-13,19-20,27,30,34H,14-18H2,(H,32,35)/t27-/m0/s1. The van der Waals surface area contributed by atoms with Gasteiger partial charge in [0.15, 0.2) is 0 Å². The van der Waals surface area contributed by atoms with E-state index in [2.05, 4.69) is 15.6 Å². The monoisotopic (exact) mass is 488 g/mol. The second-order valence-electron chi connectivity index (χ2n) is 8.47. The van der Waals surface area contributed by atoms with E-state index in [4.69, 9.17) is 11.6 Å². The molecule has 1 atom stereocenters. The third-order valence-corrected chi connectivity index (χ3v) is 5.91. The van der Waals surface area contributed by atoms with E-state index in [1.807, 2.05) is 89.6 Å². The molecule has 1 aromatic heterocycles. The number of hydrogen-bond donors (Lipinski definition) is 3. The lowest BCUT2D eigenvalue weighted by atomic mass is 10.1. The number of carbonyl (C=O) groups excluding carboxylic acids is 1. The average molecular weight is 489 g/mol. The van der Waals surface area contributed by atoms with E-state index in [-0.39, 0.29) is 12.3 Å². The molecule has 0 bridgehead atoms. The maximum Gasteiger partial charge on any atom is 0.230 e. The highest BCUT2D eigenvalue weighted by atomic mass is 35.5. The van der Waals surface area contributed by atoms with Crippen molar-refractivity contribution in [3.05, 3.63) is 119 Å². The first-order valence-electron chi connectivity index (χ1n) is 11.6. The summed E-state index contributed by atoms with van der Waals surface area (Å²) < 4.78 is 1.95. The lowest BCUT2D eigenvalue weighted by Crippen LogP contribution is -2.23. The molecule has 0 aliphatic rings. The number of benzene rings is 3. The van der Waals surface area contributed by atoms with E-state index in [0.717, 1.165) is 41.0 Å². The number of amides is 1. The van der Waals surface area contributed by atoms with E-state index >= 15 is 0 Å². The van der Waals surface area contributed by atoms with Crippen LogP contribution in [0.1, 0.15) is 28.5 Å². The molecule has 4 aromatic rings. The zero-order valence-corrected chi connectivity index (χ0v) is 20.2. The molecule has 0 aliphatic carbocycles. The van der Waals surface area contributed by atoms with Crippen LogP contribution in [0, 0.1) is 0 Å². The summed E-state index contributed by atoms with van der Waals surface area (Å²) in [5.41, 5.74) is 4.66. The van der Waals surface area contributed by atoms with Gasteiger partial charge in [0.05, 0.1) is 24.5 Å². The van der Waals surface area contributed by atoms with Gasteiger partial charge in [-0.05, 0) is 53.9 Å². The SMILES string of the molecule is O=C(Cc1cn(Cc2ccc(Cl)cc2)cn1)Nc1ccc(CCNC[C@H](O)c2ccccc2)cc1. The van der Waals surface area contributed by atoms with Crippen molar-refractivity contribution in [2.75, 3.05) is 18.4 Å². The number of aliphatic hydroxyl groups is 1. The van der Waals surface area contributed by atoms with Gasteiger partial charge in [0.25, 0.3) is 0 Å². The van der Waals surface area contributed by atoms with Crippen molar-refractivity contribution < 1.29 is 9.90 Å². The fourth-order valence-electron chi connectivity index (χ4n) is 3.77. The van der Waals surface area contributed by atoms with Gasteiger partial charge < -0.3 is 20.3 Å². The molecule has 0 radical (unpaired) electrons. The molecular formula is C28H29ClN4O2. The van der Waals surface area contributed by atoms with E-state index in [9.17, 15) is 9.90 Å². The van der Waals surface area contributed by atoms with Crippen molar-refractivity contribution in [2.45, 2.75) is 25.5 Å². The Balaban J connectivity index is 1.18. The van der Waals surface area contributed by atoms with Crippen LogP contribution in [0.2, 0.25) is 5.02 Å². The molecule has 7 heteroatoms. The van der Waals surface area contributed by atoms with Crippen LogP contribution in [0.25, 0.3) is 0 Å². The summed E-state index contributed by atoms with van der Waals surface area (Å²) in [5.74, 6) is -0.106. The highest BCUT2D eigenvalue weighted by Gasteiger charge is 2.08. The first-order valence-corrected chi connectivity index (χ1v) is 12.0. The van der Waals surface area contributed by atoms with E-state index < -0.39 is 6.10 Å². The van der Waals surface area contributed by atoms with Gasteiger partial charge in [0.2, 0.25) is 5.91 Å². The summed E-state index contributed by atoms with van der Waals surface area (Å²) in [4.78, 5) is 16.8. The van der Waals surface area contributed by atoms with Crippen molar-refractivity contribution in [1.29, 1.82) is 0 Å². The molecule has 0 saturated carbocycles. The van der Waals surface area contributed by atoms with Crippen molar-refractivity contribution in [1.82, 2.24) is 14.9 Å². The summed E-state index contributed by atoms with van der Waals surface area (Å²) in [6, 6.07) is 25.1. The topological polar surface area (TPSA) is 79.2 Å². The van der Waals surface area contributed by atoms with Gasteiger partial charge in [0, 0.05) is 30.0 Å². The van der Waals surface area contributed by atoms with E-state index in [0.29, 0.717) is 18.1 Å². The van der Waals surface area contributed by atoms with Gasteiger partial charge in [0.1, 0.15) is 0 Å². The Morgan fingerprint density at radius 2 is 1.69 bits per heavy atom. The minimum absolute atomic E-state index is 0.106. The average Bonchev–Trinajstić information content (AvgIpc) is 3.31. The van der Waals surface area contributed by atoms with E-state index in [1.165, 1.54) is 0 Å². The predicted octanol–water partition coefficient (Wildman–Crippen LogP) is 4.63.